The standard InChI is InChI=1S/C14H15FN2O3/c1-8-9(5-6-11(17-19)12(8)15)10(7-16)13(18)20-14(2,3)4/h5-6,10H,1-4H3. The van der Waals surface area contributed by atoms with Gasteiger partial charge in [-0.15, -0.1) is 4.91 Å². The first-order valence-electron chi connectivity index (χ1n) is 5.96. The lowest BCUT2D eigenvalue weighted by molar-refractivity contribution is -0.155. The van der Waals surface area contributed by atoms with Gasteiger partial charge in [-0.2, -0.15) is 5.26 Å². The van der Waals surface area contributed by atoms with E-state index in [1.54, 1.807) is 26.8 Å². The van der Waals surface area contributed by atoms with Gasteiger partial charge in [0.2, 0.25) is 0 Å². The molecule has 0 saturated carbocycles. The van der Waals surface area contributed by atoms with Crippen molar-refractivity contribution in [2.45, 2.75) is 39.2 Å². The Kier molecular flexibility index (Phi) is 4.56. The van der Waals surface area contributed by atoms with Gasteiger partial charge in [-0.25, -0.2) is 4.39 Å². The Bertz CT molecular complexity index is 585. The maximum Gasteiger partial charge on any atom is 0.328 e. The molecule has 0 radical (unpaired) electrons. The van der Waals surface area contributed by atoms with Gasteiger partial charge < -0.3 is 4.74 Å². The number of esters is 1. The molecular weight excluding hydrogens is 263 g/mol. The van der Waals surface area contributed by atoms with E-state index in [4.69, 9.17) is 10.00 Å². The minimum atomic E-state index is -1.25. The zero-order chi connectivity index (χ0) is 15.5. The van der Waals surface area contributed by atoms with Crippen LogP contribution in [-0.2, 0) is 9.53 Å². The van der Waals surface area contributed by atoms with Crippen molar-refractivity contribution in [3.8, 4) is 6.07 Å². The molecule has 0 aliphatic carbocycles. The Morgan fingerprint density at radius 3 is 2.50 bits per heavy atom. The lowest BCUT2D eigenvalue weighted by atomic mass is 9.95. The van der Waals surface area contributed by atoms with Crippen LogP contribution in [0.5, 0.6) is 0 Å². The number of nitroso groups, excluding NO2 is 1. The van der Waals surface area contributed by atoms with E-state index in [2.05, 4.69) is 5.18 Å². The van der Waals surface area contributed by atoms with Gasteiger partial charge in [0.1, 0.15) is 11.3 Å². The summed E-state index contributed by atoms with van der Waals surface area (Å²) in [5, 5.41) is 11.7. The highest BCUT2D eigenvalue weighted by molar-refractivity contribution is 5.82. The molecule has 1 rings (SSSR count). The highest BCUT2D eigenvalue weighted by Gasteiger charge is 2.29. The lowest BCUT2D eigenvalue weighted by Crippen LogP contribution is -2.27. The largest absolute Gasteiger partial charge is 0.459 e. The molecule has 0 aliphatic heterocycles. The van der Waals surface area contributed by atoms with Crippen LogP contribution in [0.1, 0.15) is 37.8 Å². The van der Waals surface area contributed by atoms with E-state index >= 15 is 0 Å². The molecule has 0 aromatic heterocycles. The highest BCUT2D eigenvalue weighted by atomic mass is 19.1. The number of hydrogen-bond donors (Lipinski definition) is 0. The highest BCUT2D eigenvalue weighted by Crippen LogP contribution is 2.29. The topological polar surface area (TPSA) is 79.5 Å². The van der Waals surface area contributed by atoms with Gasteiger partial charge in [0.05, 0.1) is 6.07 Å². The first-order chi connectivity index (χ1) is 9.21. The maximum atomic E-state index is 13.8. The molecule has 0 bridgehead atoms. The number of carbonyl (C=O) groups excluding carboxylic acids is 1. The molecule has 0 fully saturated rings. The SMILES string of the molecule is Cc1c(C(C#N)C(=O)OC(C)(C)C)ccc(N=O)c1F. The van der Waals surface area contributed by atoms with E-state index in [-0.39, 0.29) is 16.8 Å². The number of rotatable bonds is 3. The third kappa shape index (κ3) is 3.38. The number of nitriles is 1. The van der Waals surface area contributed by atoms with E-state index in [1.807, 2.05) is 0 Å². The molecule has 1 atom stereocenters. The molecule has 1 aromatic carbocycles. The number of hydrogen-bond acceptors (Lipinski definition) is 5. The monoisotopic (exact) mass is 278 g/mol. The number of ether oxygens (including phenoxy) is 1. The zero-order valence-electron chi connectivity index (χ0n) is 11.7. The summed E-state index contributed by atoms with van der Waals surface area (Å²) < 4.78 is 18.9. The van der Waals surface area contributed by atoms with Crippen LogP contribution in [0.2, 0.25) is 0 Å². The van der Waals surface area contributed by atoms with E-state index in [9.17, 15) is 14.1 Å². The molecule has 5 nitrogen and oxygen atoms in total. The molecule has 0 heterocycles. The molecule has 0 aliphatic rings. The second-order valence-electron chi connectivity index (χ2n) is 5.30. The second kappa shape index (κ2) is 5.78. The van der Waals surface area contributed by atoms with E-state index in [1.165, 1.54) is 13.0 Å². The summed E-state index contributed by atoms with van der Waals surface area (Å²) in [6, 6.07) is 4.27. The Morgan fingerprint density at radius 1 is 1.45 bits per heavy atom. The Hall–Kier alpha value is -2.29. The van der Waals surface area contributed by atoms with E-state index < -0.39 is 23.3 Å². The minimum Gasteiger partial charge on any atom is -0.459 e. The first kappa shape index (κ1) is 15.8. The quantitative estimate of drug-likeness (QED) is 0.626. The van der Waals surface area contributed by atoms with Crippen LogP contribution in [-0.4, -0.2) is 11.6 Å². The molecule has 1 aromatic rings. The Labute approximate surface area is 116 Å². The van der Waals surface area contributed by atoms with Crippen LogP contribution in [0.4, 0.5) is 10.1 Å². The molecule has 20 heavy (non-hydrogen) atoms. The molecule has 1 unspecified atom stereocenters. The van der Waals surface area contributed by atoms with E-state index in [0.29, 0.717) is 0 Å². The molecule has 106 valence electrons. The van der Waals surface area contributed by atoms with Gasteiger partial charge in [0.25, 0.3) is 0 Å². The van der Waals surface area contributed by atoms with Crippen LogP contribution in [0.25, 0.3) is 0 Å². The average Bonchev–Trinajstić information content (AvgIpc) is 2.33. The van der Waals surface area contributed by atoms with Crippen molar-refractivity contribution in [3.63, 3.8) is 0 Å². The average molecular weight is 278 g/mol. The molecule has 0 N–H and O–H groups in total. The third-order valence-electron chi connectivity index (χ3n) is 2.59. The van der Waals surface area contributed by atoms with Crippen molar-refractivity contribution in [2.75, 3.05) is 0 Å². The van der Waals surface area contributed by atoms with Crippen LogP contribution in [0, 0.1) is 29.0 Å². The first-order valence-corrected chi connectivity index (χ1v) is 5.96. The van der Waals surface area contributed by atoms with Gasteiger partial charge >= 0.3 is 5.97 Å². The fourth-order valence-electron chi connectivity index (χ4n) is 1.68. The predicted molar refractivity (Wildman–Crippen MR) is 70.8 cm³/mol. The summed E-state index contributed by atoms with van der Waals surface area (Å²) in [6.07, 6.45) is 0. The van der Waals surface area contributed by atoms with Gasteiger partial charge in [-0.05, 0) is 50.1 Å². The van der Waals surface area contributed by atoms with Crippen LogP contribution >= 0.6 is 0 Å². The van der Waals surface area contributed by atoms with Gasteiger partial charge in [0, 0.05) is 0 Å². The summed E-state index contributed by atoms with van der Waals surface area (Å²) in [5.41, 5.74) is -0.888. The van der Waals surface area contributed by atoms with E-state index in [0.717, 1.165) is 6.07 Å². The number of nitrogens with zero attached hydrogens (tertiary/aromatic N) is 2. The molecule has 0 saturated heterocycles. The van der Waals surface area contributed by atoms with Gasteiger partial charge in [0.15, 0.2) is 11.7 Å². The number of halogens is 1. The fourth-order valence-corrected chi connectivity index (χ4v) is 1.68. The fraction of sp³-hybridized carbons (Fsp3) is 0.429. The van der Waals surface area contributed by atoms with Crippen LogP contribution in [0.15, 0.2) is 17.3 Å². The van der Waals surface area contributed by atoms with Gasteiger partial charge in [-0.3, -0.25) is 4.79 Å². The van der Waals surface area contributed by atoms with Crippen LogP contribution < -0.4 is 0 Å². The summed E-state index contributed by atoms with van der Waals surface area (Å²) >= 11 is 0. The minimum absolute atomic E-state index is 0.0412. The maximum absolute atomic E-state index is 13.8. The lowest BCUT2D eigenvalue weighted by Gasteiger charge is -2.22. The van der Waals surface area contributed by atoms with Gasteiger partial charge in [-0.1, -0.05) is 6.07 Å². The Morgan fingerprint density at radius 2 is 2.05 bits per heavy atom. The molecular formula is C14H15FN2O3. The van der Waals surface area contributed by atoms with Crippen LogP contribution in [0.3, 0.4) is 0 Å². The summed E-state index contributed by atoms with van der Waals surface area (Å²) in [5.74, 6) is -2.83. The number of benzene rings is 1. The second-order valence-corrected chi connectivity index (χ2v) is 5.30. The van der Waals surface area contributed by atoms with Crippen molar-refractivity contribution in [3.05, 3.63) is 34.0 Å². The zero-order valence-corrected chi connectivity index (χ0v) is 11.7. The van der Waals surface area contributed by atoms with Crippen molar-refractivity contribution >= 4 is 11.7 Å². The van der Waals surface area contributed by atoms with Crippen molar-refractivity contribution in [1.82, 2.24) is 0 Å². The summed E-state index contributed by atoms with van der Waals surface area (Å²) in [7, 11) is 0. The summed E-state index contributed by atoms with van der Waals surface area (Å²) in [6.45, 7) is 6.40. The Balaban J connectivity index is 3.21. The molecule has 0 spiro atoms. The van der Waals surface area contributed by atoms with Crippen molar-refractivity contribution < 1.29 is 13.9 Å². The molecule has 0 amide bonds. The smallest absolute Gasteiger partial charge is 0.328 e. The molecule has 6 heteroatoms. The number of carbonyl (C=O) groups is 1. The normalized spacial score (nSPS) is 12.4. The predicted octanol–water partition coefficient (Wildman–Crippen LogP) is 3.48. The van der Waals surface area contributed by atoms with Crippen molar-refractivity contribution in [1.29, 1.82) is 5.26 Å². The summed E-state index contributed by atoms with van der Waals surface area (Å²) in [4.78, 5) is 22.4. The van der Waals surface area contributed by atoms with Crippen molar-refractivity contribution in [2.24, 2.45) is 5.18 Å². The third-order valence-corrected chi connectivity index (χ3v) is 2.59.